The lowest BCUT2D eigenvalue weighted by Crippen LogP contribution is -2.15. The van der Waals surface area contributed by atoms with Gasteiger partial charge in [0.15, 0.2) is 0 Å². The Morgan fingerprint density at radius 2 is 2.21 bits per heavy atom. The van der Waals surface area contributed by atoms with Crippen LogP contribution in [0.1, 0.15) is 16.5 Å². The van der Waals surface area contributed by atoms with Crippen LogP contribution < -0.4 is 10.5 Å². The summed E-state index contributed by atoms with van der Waals surface area (Å²) >= 11 is 0.832. The molecule has 8 heteroatoms. The smallest absolute Gasteiger partial charge is 0.383 e. The highest BCUT2D eigenvalue weighted by Gasteiger charge is 2.19. The predicted octanol–water partition coefficient (Wildman–Crippen LogP) is 1.96. The third-order valence-electron chi connectivity index (χ3n) is 2.22. The fourth-order valence-corrected chi connectivity index (χ4v) is 2.18. The van der Waals surface area contributed by atoms with Gasteiger partial charge in [-0.2, -0.15) is 0 Å². The molecule has 0 saturated carbocycles. The molecule has 0 saturated heterocycles. The van der Waals surface area contributed by atoms with Gasteiger partial charge < -0.3 is 15.6 Å². The van der Waals surface area contributed by atoms with Crippen LogP contribution in [0.5, 0.6) is 5.19 Å². The van der Waals surface area contributed by atoms with Gasteiger partial charge in [-0.15, -0.1) is 0 Å². The minimum absolute atomic E-state index is 0.0657. The summed E-state index contributed by atoms with van der Waals surface area (Å²) in [6.45, 7) is 0. The Bertz CT molecular complexity index is 618. The van der Waals surface area contributed by atoms with Gasteiger partial charge in [-0.05, 0) is 6.07 Å². The van der Waals surface area contributed by atoms with Crippen LogP contribution >= 0.6 is 11.3 Å². The van der Waals surface area contributed by atoms with E-state index in [2.05, 4.69) is 9.72 Å². The zero-order valence-corrected chi connectivity index (χ0v) is 10.2. The molecule has 1 heterocycles. The van der Waals surface area contributed by atoms with Crippen LogP contribution in [0.4, 0.5) is 13.6 Å². The Morgan fingerprint density at radius 3 is 2.84 bits per heavy atom. The van der Waals surface area contributed by atoms with Crippen molar-refractivity contribution in [3.8, 4) is 5.19 Å². The first kappa shape index (κ1) is 13.4. The average Bonchev–Trinajstić information content (AvgIpc) is 2.75. The highest BCUT2D eigenvalue weighted by atomic mass is 32.1. The molecule has 5 nitrogen and oxygen atoms in total. The van der Waals surface area contributed by atoms with Crippen molar-refractivity contribution in [2.45, 2.75) is 6.10 Å². The van der Waals surface area contributed by atoms with Crippen LogP contribution in [0, 0.1) is 11.6 Å². The molecule has 2 rings (SSSR count). The Balaban J connectivity index is 2.25. The van der Waals surface area contributed by atoms with E-state index in [-0.39, 0.29) is 15.6 Å². The lowest BCUT2D eigenvalue weighted by Gasteiger charge is -2.09. The van der Waals surface area contributed by atoms with E-state index in [4.69, 9.17) is 5.73 Å². The minimum atomic E-state index is -1.33. The van der Waals surface area contributed by atoms with Crippen molar-refractivity contribution in [2.24, 2.45) is 5.73 Å². The zero-order chi connectivity index (χ0) is 14.0. The Hall–Kier alpha value is -2.06. The van der Waals surface area contributed by atoms with Crippen LogP contribution in [-0.4, -0.2) is 16.2 Å². The average molecular weight is 286 g/mol. The maximum absolute atomic E-state index is 13.5. The molecule has 1 atom stereocenters. The van der Waals surface area contributed by atoms with Crippen molar-refractivity contribution in [2.75, 3.05) is 0 Å². The van der Waals surface area contributed by atoms with Gasteiger partial charge >= 0.3 is 6.09 Å². The van der Waals surface area contributed by atoms with Gasteiger partial charge in [-0.3, -0.25) is 0 Å². The van der Waals surface area contributed by atoms with Gasteiger partial charge in [0, 0.05) is 17.8 Å². The number of thiazole rings is 1. The number of benzene rings is 1. The van der Waals surface area contributed by atoms with Crippen molar-refractivity contribution in [3.63, 3.8) is 0 Å². The summed E-state index contributed by atoms with van der Waals surface area (Å²) in [6.07, 6.45) is -1.15. The number of carbonyl (C=O) groups is 1. The quantitative estimate of drug-likeness (QED) is 0.903. The van der Waals surface area contributed by atoms with E-state index in [1.165, 1.54) is 6.20 Å². The van der Waals surface area contributed by atoms with Crippen LogP contribution in [0.25, 0.3) is 0 Å². The van der Waals surface area contributed by atoms with Gasteiger partial charge in [-0.25, -0.2) is 18.6 Å². The number of nitrogens with zero attached hydrogens (tertiary/aromatic N) is 1. The molecule has 0 spiro atoms. The van der Waals surface area contributed by atoms with E-state index in [9.17, 15) is 18.7 Å². The zero-order valence-electron chi connectivity index (χ0n) is 9.34. The third-order valence-corrected chi connectivity index (χ3v) is 3.14. The van der Waals surface area contributed by atoms with Crippen molar-refractivity contribution in [1.82, 2.24) is 4.98 Å². The molecule has 1 unspecified atom stereocenters. The lowest BCUT2D eigenvalue weighted by molar-refractivity contribution is 0.210. The monoisotopic (exact) mass is 286 g/mol. The highest BCUT2D eigenvalue weighted by molar-refractivity contribution is 7.13. The molecular weight excluding hydrogens is 278 g/mol. The molecule has 0 aliphatic heterocycles. The fourth-order valence-electron chi connectivity index (χ4n) is 1.41. The number of hydrogen-bond acceptors (Lipinski definition) is 5. The maximum atomic E-state index is 13.5. The van der Waals surface area contributed by atoms with E-state index in [1.54, 1.807) is 0 Å². The van der Waals surface area contributed by atoms with Crippen LogP contribution in [0.2, 0.25) is 0 Å². The summed E-state index contributed by atoms with van der Waals surface area (Å²) in [7, 11) is 0. The normalized spacial score (nSPS) is 12.2. The third kappa shape index (κ3) is 3.04. The molecule has 0 fully saturated rings. The van der Waals surface area contributed by atoms with Crippen LogP contribution in [0.3, 0.4) is 0 Å². The molecule has 1 aromatic carbocycles. The number of aliphatic hydroxyl groups is 1. The van der Waals surface area contributed by atoms with Gasteiger partial charge in [0.25, 0.3) is 5.19 Å². The number of primary amides is 1. The number of rotatable bonds is 3. The first-order valence-corrected chi connectivity index (χ1v) is 5.85. The molecule has 0 aliphatic rings. The van der Waals surface area contributed by atoms with Crippen LogP contribution in [0.15, 0.2) is 24.4 Å². The molecule has 1 aromatic heterocycles. The molecule has 0 radical (unpaired) electrons. The van der Waals surface area contributed by atoms with Gasteiger partial charge in [0.2, 0.25) is 0 Å². The molecular formula is C11H8F2N2O3S. The lowest BCUT2D eigenvalue weighted by atomic mass is 10.1. The summed E-state index contributed by atoms with van der Waals surface area (Å²) in [4.78, 5) is 14.4. The van der Waals surface area contributed by atoms with Crippen LogP contribution in [-0.2, 0) is 0 Å². The summed E-state index contributed by atoms with van der Waals surface area (Å²) < 4.78 is 30.8. The minimum Gasteiger partial charge on any atom is -0.383 e. The maximum Gasteiger partial charge on any atom is 0.411 e. The SMILES string of the molecule is NC(=O)Oc1ncc(C(O)c2ccc(F)cc2F)s1. The van der Waals surface area contributed by atoms with Crippen molar-refractivity contribution >= 4 is 17.4 Å². The van der Waals surface area contributed by atoms with E-state index in [0.29, 0.717) is 6.07 Å². The van der Waals surface area contributed by atoms with Gasteiger partial charge in [0.1, 0.15) is 17.7 Å². The molecule has 2 aromatic rings. The number of hydrogen-bond donors (Lipinski definition) is 2. The molecule has 3 N–H and O–H groups in total. The Morgan fingerprint density at radius 1 is 1.47 bits per heavy atom. The number of aromatic nitrogens is 1. The molecule has 100 valence electrons. The van der Waals surface area contributed by atoms with Crippen molar-refractivity contribution in [3.05, 3.63) is 46.5 Å². The van der Waals surface area contributed by atoms with E-state index >= 15 is 0 Å². The number of ether oxygens (including phenoxy) is 1. The first-order chi connectivity index (χ1) is 8.97. The van der Waals surface area contributed by atoms with E-state index < -0.39 is 23.8 Å². The number of aliphatic hydroxyl groups excluding tert-OH is 1. The second-order valence-electron chi connectivity index (χ2n) is 3.52. The van der Waals surface area contributed by atoms with Gasteiger partial charge in [-0.1, -0.05) is 17.4 Å². The first-order valence-electron chi connectivity index (χ1n) is 5.03. The molecule has 19 heavy (non-hydrogen) atoms. The number of carbonyl (C=O) groups excluding carboxylic acids is 1. The Labute approximate surface area is 110 Å². The summed E-state index contributed by atoms with van der Waals surface area (Å²) in [6, 6.07) is 2.83. The van der Waals surface area contributed by atoms with E-state index in [1.807, 2.05) is 0 Å². The summed E-state index contributed by atoms with van der Waals surface area (Å²) in [5.74, 6) is -1.62. The summed E-state index contributed by atoms with van der Waals surface area (Å²) in [5, 5.41) is 9.88. The predicted molar refractivity (Wildman–Crippen MR) is 62.7 cm³/mol. The molecule has 0 bridgehead atoms. The topological polar surface area (TPSA) is 85.4 Å². The second-order valence-corrected chi connectivity index (χ2v) is 4.54. The number of amides is 1. The standard InChI is InChI=1S/C11H8F2N2O3S/c12-5-1-2-6(7(13)3-5)9(16)8-4-15-11(19-8)18-10(14)17/h1-4,9,16H,(H2,14,17). The molecule has 0 aliphatic carbocycles. The van der Waals surface area contributed by atoms with Crippen molar-refractivity contribution < 1.29 is 23.4 Å². The number of halogens is 2. The Kier molecular flexibility index (Phi) is 3.72. The molecule has 1 amide bonds. The highest BCUT2D eigenvalue weighted by Crippen LogP contribution is 2.31. The second kappa shape index (κ2) is 5.29. The van der Waals surface area contributed by atoms with Gasteiger partial charge in [0.05, 0.1) is 4.88 Å². The fraction of sp³-hybridized carbons (Fsp3) is 0.0909. The number of nitrogens with two attached hydrogens (primary N) is 1. The van der Waals surface area contributed by atoms with Crippen molar-refractivity contribution in [1.29, 1.82) is 0 Å². The summed E-state index contributed by atoms with van der Waals surface area (Å²) in [5.41, 5.74) is 4.70. The largest absolute Gasteiger partial charge is 0.411 e. The van der Waals surface area contributed by atoms with E-state index in [0.717, 1.165) is 23.5 Å².